The number of ether oxygens (including phenoxy) is 4. The molecule has 1 N–H and O–H groups in total. The summed E-state index contributed by atoms with van der Waals surface area (Å²) >= 11 is 1.22. The van der Waals surface area contributed by atoms with Gasteiger partial charge in [0.05, 0.1) is 31.5 Å². The molecule has 2 aliphatic heterocycles. The fourth-order valence-electron chi connectivity index (χ4n) is 4.11. The molecule has 0 bridgehead atoms. The fourth-order valence-corrected chi connectivity index (χ4v) is 5.21. The average molecular weight is 562 g/mol. The lowest BCUT2D eigenvalue weighted by molar-refractivity contribution is -0.129. The van der Waals surface area contributed by atoms with Gasteiger partial charge in [0, 0.05) is 12.1 Å². The van der Waals surface area contributed by atoms with E-state index in [1.165, 1.54) is 11.8 Å². The van der Waals surface area contributed by atoms with E-state index in [2.05, 4.69) is 5.32 Å². The lowest BCUT2D eigenvalue weighted by atomic mass is 10.1. The van der Waals surface area contributed by atoms with Crippen LogP contribution in [0.1, 0.15) is 29.3 Å². The number of benzene rings is 3. The molecule has 1 atom stereocenters. The van der Waals surface area contributed by atoms with Gasteiger partial charge in [-0.2, -0.15) is 0 Å². The van der Waals surface area contributed by atoms with Crippen molar-refractivity contribution < 1.29 is 33.3 Å². The molecule has 11 heteroatoms. The maximum atomic E-state index is 13.4. The van der Waals surface area contributed by atoms with E-state index in [1.807, 2.05) is 18.2 Å². The second-order valence-corrected chi connectivity index (χ2v) is 10.0. The summed E-state index contributed by atoms with van der Waals surface area (Å²) in [6.07, 6.45) is -0.0103. The van der Waals surface area contributed by atoms with Gasteiger partial charge in [-0.05, 0) is 73.2 Å². The van der Waals surface area contributed by atoms with Crippen LogP contribution < -0.4 is 19.5 Å². The smallest absolute Gasteiger partial charge is 0.338 e. The molecule has 5 rings (SSSR count). The first-order valence-electron chi connectivity index (χ1n) is 12.6. The van der Waals surface area contributed by atoms with Gasteiger partial charge in [-0.3, -0.25) is 14.5 Å². The Kier molecular flexibility index (Phi) is 8.20. The van der Waals surface area contributed by atoms with Crippen molar-refractivity contribution in [3.05, 3.63) is 77.9 Å². The van der Waals surface area contributed by atoms with Crippen LogP contribution >= 0.6 is 11.8 Å². The van der Waals surface area contributed by atoms with Crippen molar-refractivity contribution in [3.8, 4) is 17.2 Å². The maximum absolute atomic E-state index is 13.4. The topological polar surface area (TPSA) is 116 Å². The molecule has 3 aromatic rings. The molecule has 0 radical (unpaired) electrons. The van der Waals surface area contributed by atoms with Crippen LogP contribution in [0.15, 0.2) is 71.7 Å². The first-order chi connectivity index (χ1) is 19.4. The van der Waals surface area contributed by atoms with Crippen LogP contribution in [0.5, 0.6) is 17.2 Å². The number of hydrogen-bond acceptors (Lipinski definition) is 9. The molecule has 2 aliphatic rings. The van der Waals surface area contributed by atoms with Gasteiger partial charge in [0.1, 0.15) is 11.0 Å². The third-order valence-corrected chi connectivity index (χ3v) is 7.36. The molecular weight excluding hydrogens is 534 g/mol. The summed E-state index contributed by atoms with van der Waals surface area (Å²) in [5.41, 5.74) is 2.34. The number of thioether (sulfide) groups is 1. The molecule has 2 heterocycles. The number of amidine groups is 1. The molecule has 206 valence electrons. The molecule has 0 aromatic heterocycles. The zero-order valence-electron chi connectivity index (χ0n) is 21.9. The van der Waals surface area contributed by atoms with Crippen molar-refractivity contribution in [2.45, 2.75) is 25.1 Å². The summed E-state index contributed by atoms with van der Waals surface area (Å²) in [7, 11) is 1.58. The highest BCUT2D eigenvalue weighted by atomic mass is 32.2. The monoisotopic (exact) mass is 561 g/mol. The quantitative estimate of drug-likeness (QED) is 0.392. The Labute approximate surface area is 235 Å². The van der Waals surface area contributed by atoms with Crippen molar-refractivity contribution >= 4 is 46.1 Å². The number of fused-ring (bicyclic) bond motifs is 1. The summed E-state index contributed by atoms with van der Waals surface area (Å²) in [5, 5.41) is 2.53. The number of amides is 2. The minimum Gasteiger partial charge on any atom is -0.497 e. The molecule has 0 aliphatic carbocycles. The Bertz CT molecular complexity index is 1440. The van der Waals surface area contributed by atoms with Gasteiger partial charge >= 0.3 is 5.97 Å². The Balaban J connectivity index is 1.35. The van der Waals surface area contributed by atoms with Crippen molar-refractivity contribution in [3.63, 3.8) is 0 Å². The number of nitrogens with zero attached hydrogens (tertiary/aromatic N) is 2. The van der Waals surface area contributed by atoms with E-state index in [9.17, 15) is 14.4 Å². The van der Waals surface area contributed by atoms with Gasteiger partial charge in [0.15, 0.2) is 16.7 Å². The number of rotatable bonds is 8. The van der Waals surface area contributed by atoms with E-state index in [1.54, 1.807) is 67.5 Å². The number of methoxy groups -OCH3 is 1. The van der Waals surface area contributed by atoms with Gasteiger partial charge in [-0.15, -0.1) is 0 Å². The second kappa shape index (κ2) is 12.1. The highest BCUT2D eigenvalue weighted by Gasteiger charge is 2.36. The summed E-state index contributed by atoms with van der Waals surface area (Å²) in [6.45, 7) is 2.42. The normalized spacial score (nSPS) is 17.1. The third kappa shape index (κ3) is 6.20. The summed E-state index contributed by atoms with van der Waals surface area (Å²) in [5.74, 6) is 0.945. The summed E-state index contributed by atoms with van der Waals surface area (Å²) in [4.78, 5) is 44.8. The molecule has 40 heavy (non-hydrogen) atoms. The van der Waals surface area contributed by atoms with Gasteiger partial charge in [0.2, 0.25) is 18.6 Å². The van der Waals surface area contributed by atoms with Crippen molar-refractivity contribution in [2.75, 3.05) is 25.8 Å². The lowest BCUT2D eigenvalue weighted by Gasteiger charge is -2.32. The summed E-state index contributed by atoms with van der Waals surface area (Å²) in [6, 6.07) is 19.0. The highest BCUT2D eigenvalue weighted by Crippen LogP contribution is 2.35. The zero-order valence-corrected chi connectivity index (χ0v) is 22.7. The lowest BCUT2D eigenvalue weighted by Crippen LogP contribution is -2.44. The van der Waals surface area contributed by atoms with Crippen LogP contribution in [0.2, 0.25) is 0 Å². The first kappa shape index (κ1) is 27.1. The van der Waals surface area contributed by atoms with Crippen LogP contribution in [-0.2, 0) is 20.9 Å². The van der Waals surface area contributed by atoms with E-state index in [4.69, 9.17) is 23.9 Å². The molecule has 0 spiro atoms. The minimum atomic E-state index is -0.706. The maximum Gasteiger partial charge on any atom is 0.338 e. The van der Waals surface area contributed by atoms with Gasteiger partial charge in [0.25, 0.3) is 0 Å². The Morgan fingerprint density at radius 1 is 1.05 bits per heavy atom. The van der Waals surface area contributed by atoms with E-state index in [-0.39, 0.29) is 38.2 Å². The van der Waals surface area contributed by atoms with Gasteiger partial charge < -0.3 is 24.3 Å². The second-order valence-electron chi connectivity index (χ2n) is 8.86. The summed E-state index contributed by atoms with van der Waals surface area (Å²) < 4.78 is 21.1. The van der Waals surface area contributed by atoms with Gasteiger partial charge in [-0.25, -0.2) is 9.79 Å². The molecule has 0 unspecified atom stereocenters. The van der Waals surface area contributed by atoms with Crippen molar-refractivity contribution in [1.82, 2.24) is 4.90 Å². The number of anilines is 1. The number of aliphatic imine (C=N–C) groups is 1. The van der Waals surface area contributed by atoms with E-state index in [0.29, 0.717) is 39.4 Å². The van der Waals surface area contributed by atoms with Crippen LogP contribution in [0.25, 0.3) is 0 Å². The predicted octanol–water partition coefficient (Wildman–Crippen LogP) is 4.76. The molecule has 2 amide bonds. The third-order valence-electron chi connectivity index (χ3n) is 6.17. The zero-order chi connectivity index (χ0) is 28.1. The first-order valence-corrected chi connectivity index (χ1v) is 13.5. The highest BCUT2D eigenvalue weighted by molar-refractivity contribution is 8.15. The largest absolute Gasteiger partial charge is 0.497 e. The van der Waals surface area contributed by atoms with Crippen LogP contribution in [0.3, 0.4) is 0 Å². The van der Waals surface area contributed by atoms with E-state index < -0.39 is 11.2 Å². The number of nitrogens with one attached hydrogen (secondary N) is 1. The Morgan fingerprint density at radius 2 is 1.80 bits per heavy atom. The standard InChI is InChI=1S/C29H27N3O7S/c1-3-37-28(35)19-5-7-20(8-6-19)30-27(34)25-15-26(33)32(16-18-4-13-23-24(14-18)39-17-38-23)29(40-25)31-21-9-11-22(36-2)12-10-21/h4-14,25H,3,15-17H2,1-2H3,(H,30,34)/t25-/m0/s1. The molecule has 3 aromatic carbocycles. The molecular formula is C29H27N3O7S. The number of carbonyl (C=O) groups excluding carboxylic acids is 3. The number of esters is 1. The van der Waals surface area contributed by atoms with E-state index >= 15 is 0 Å². The minimum absolute atomic E-state index is 0.0103. The molecule has 1 fully saturated rings. The average Bonchev–Trinajstić information content (AvgIpc) is 3.43. The van der Waals surface area contributed by atoms with Crippen LogP contribution in [-0.4, -0.2) is 53.6 Å². The SMILES string of the molecule is CCOC(=O)c1ccc(NC(=O)[C@@H]2CC(=O)N(Cc3ccc4c(c3)OCO4)C(=Nc3ccc(OC)cc3)S2)cc1. The molecule has 10 nitrogen and oxygen atoms in total. The Morgan fingerprint density at radius 3 is 2.52 bits per heavy atom. The molecule has 0 saturated carbocycles. The molecule has 1 saturated heterocycles. The fraction of sp³-hybridized carbons (Fsp3) is 0.241. The Hall–Kier alpha value is -4.51. The van der Waals surface area contributed by atoms with Gasteiger partial charge in [-0.1, -0.05) is 17.8 Å². The van der Waals surface area contributed by atoms with Crippen LogP contribution in [0, 0.1) is 0 Å². The van der Waals surface area contributed by atoms with Crippen molar-refractivity contribution in [2.24, 2.45) is 4.99 Å². The predicted molar refractivity (Wildman–Crippen MR) is 150 cm³/mol. The number of hydrogen-bond donors (Lipinski definition) is 1. The van der Waals surface area contributed by atoms with Crippen LogP contribution in [0.4, 0.5) is 11.4 Å². The van der Waals surface area contributed by atoms with E-state index in [0.717, 1.165) is 5.56 Å². The van der Waals surface area contributed by atoms with Crippen molar-refractivity contribution in [1.29, 1.82) is 0 Å². The number of carbonyl (C=O) groups is 3.